The van der Waals surface area contributed by atoms with Crippen LogP contribution in [0.15, 0.2) is 34.9 Å². The van der Waals surface area contributed by atoms with Crippen LogP contribution < -0.4 is 10.1 Å². The molecule has 100 valence electrons. The number of allylic oxidation sites excluding steroid dienone is 1. The quantitative estimate of drug-likeness (QED) is 0.912. The molecule has 0 amide bonds. The van der Waals surface area contributed by atoms with E-state index < -0.39 is 0 Å². The van der Waals surface area contributed by atoms with Crippen LogP contribution in [0.3, 0.4) is 0 Å². The van der Waals surface area contributed by atoms with Crippen LogP contribution in [0.2, 0.25) is 5.02 Å². The molecule has 1 aromatic heterocycles. The molecule has 2 rings (SSSR count). The highest BCUT2D eigenvalue weighted by molar-refractivity contribution is 6.30. The molecule has 2 aromatic rings. The van der Waals surface area contributed by atoms with E-state index in [9.17, 15) is 0 Å². The van der Waals surface area contributed by atoms with E-state index in [2.05, 4.69) is 15.5 Å². The number of rotatable bonds is 5. The highest BCUT2D eigenvalue weighted by Crippen LogP contribution is 2.16. The molecular weight excluding hydrogens is 266 g/mol. The predicted molar refractivity (Wildman–Crippen MR) is 72.8 cm³/mol. The van der Waals surface area contributed by atoms with Crippen LogP contribution in [0.1, 0.15) is 18.6 Å². The first-order valence-corrected chi connectivity index (χ1v) is 6.16. The van der Waals surface area contributed by atoms with Gasteiger partial charge in [0.15, 0.2) is 6.61 Å². The Morgan fingerprint density at radius 2 is 2.16 bits per heavy atom. The Labute approximate surface area is 116 Å². The van der Waals surface area contributed by atoms with Gasteiger partial charge in [-0.2, -0.15) is 4.98 Å². The van der Waals surface area contributed by atoms with Crippen LogP contribution in [0.4, 0.5) is 0 Å². The lowest BCUT2D eigenvalue weighted by Gasteiger charge is -2.02. The molecule has 0 unspecified atom stereocenters. The molecule has 5 nitrogen and oxygen atoms in total. The molecule has 1 N–H and O–H groups in total. The van der Waals surface area contributed by atoms with E-state index in [1.165, 1.54) is 0 Å². The molecule has 0 spiro atoms. The third-order valence-electron chi connectivity index (χ3n) is 2.44. The molecule has 0 saturated carbocycles. The van der Waals surface area contributed by atoms with E-state index in [-0.39, 0.29) is 6.61 Å². The van der Waals surface area contributed by atoms with Crippen LogP contribution in [0.5, 0.6) is 5.75 Å². The molecule has 19 heavy (non-hydrogen) atoms. The second-order valence-electron chi connectivity index (χ2n) is 3.71. The molecule has 0 aliphatic heterocycles. The number of aromatic nitrogens is 2. The SMILES string of the molecule is C/C=C(\NC)c1nc(COc2ccc(Cl)cc2)no1. The van der Waals surface area contributed by atoms with Crippen LogP contribution in [-0.4, -0.2) is 17.2 Å². The van der Waals surface area contributed by atoms with Gasteiger partial charge in [0, 0.05) is 12.1 Å². The van der Waals surface area contributed by atoms with Crippen LogP contribution >= 0.6 is 11.6 Å². The fourth-order valence-electron chi connectivity index (χ4n) is 1.48. The maximum atomic E-state index is 5.79. The number of benzene rings is 1. The summed E-state index contributed by atoms with van der Waals surface area (Å²) >= 11 is 5.79. The van der Waals surface area contributed by atoms with E-state index in [0.29, 0.717) is 22.5 Å². The monoisotopic (exact) mass is 279 g/mol. The summed E-state index contributed by atoms with van der Waals surface area (Å²) in [7, 11) is 1.80. The van der Waals surface area contributed by atoms with Crippen molar-refractivity contribution in [1.29, 1.82) is 0 Å². The van der Waals surface area contributed by atoms with Crippen LogP contribution in [-0.2, 0) is 6.61 Å². The number of halogens is 1. The Bertz CT molecular complexity index is 564. The molecule has 0 bridgehead atoms. The zero-order chi connectivity index (χ0) is 13.7. The van der Waals surface area contributed by atoms with E-state index >= 15 is 0 Å². The molecule has 1 aromatic carbocycles. The average Bonchev–Trinajstić information content (AvgIpc) is 2.88. The summed E-state index contributed by atoms with van der Waals surface area (Å²) in [6.45, 7) is 2.13. The Kier molecular flexibility index (Phi) is 4.41. The van der Waals surface area contributed by atoms with E-state index in [0.717, 1.165) is 5.70 Å². The van der Waals surface area contributed by atoms with Gasteiger partial charge in [0.2, 0.25) is 5.82 Å². The van der Waals surface area contributed by atoms with Crippen LogP contribution in [0, 0.1) is 0 Å². The summed E-state index contributed by atoms with van der Waals surface area (Å²) in [5.41, 5.74) is 0.783. The zero-order valence-corrected chi connectivity index (χ0v) is 11.4. The minimum atomic E-state index is 0.242. The Morgan fingerprint density at radius 3 is 2.79 bits per heavy atom. The molecule has 6 heteroatoms. The summed E-state index contributed by atoms with van der Waals surface area (Å²) in [4.78, 5) is 4.23. The highest BCUT2D eigenvalue weighted by Gasteiger charge is 2.09. The van der Waals surface area contributed by atoms with Crippen molar-refractivity contribution < 1.29 is 9.26 Å². The van der Waals surface area contributed by atoms with E-state index in [1.807, 2.05) is 13.0 Å². The molecule has 0 fully saturated rings. The first-order chi connectivity index (χ1) is 9.22. The molecule has 0 aliphatic rings. The maximum Gasteiger partial charge on any atom is 0.273 e. The fraction of sp³-hybridized carbons (Fsp3) is 0.231. The molecule has 1 heterocycles. The number of nitrogens with one attached hydrogen (secondary N) is 1. The topological polar surface area (TPSA) is 60.2 Å². The van der Waals surface area contributed by atoms with Gasteiger partial charge >= 0.3 is 0 Å². The molecular formula is C13H14ClN3O2. The summed E-state index contributed by atoms with van der Waals surface area (Å²) in [5.74, 6) is 1.63. The lowest BCUT2D eigenvalue weighted by Crippen LogP contribution is -2.04. The van der Waals surface area contributed by atoms with Crippen molar-refractivity contribution in [2.75, 3.05) is 7.05 Å². The lowest BCUT2D eigenvalue weighted by atomic mass is 10.3. The number of hydrogen-bond donors (Lipinski definition) is 1. The van der Waals surface area contributed by atoms with Gasteiger partial charge in [-0.1, -0.05) is 22.8 Å². The second-order valence-corrected chi connectivity index (χ2v) is 4.15. The van der Waals surface area contributed by atoms with Gasteiger partial charge < -0.3 is 14.6 Å². The van der Waals surface area contributed by atoms with Crippen molar-refractivity contribution >= 4 is 17.3 Å². The van der Waals surface area contributed by atoms with Gasteiger partial charge in [0.05, 0.1) is 5.70 Å². The smallest absolute Gasteiger partial charge is 0.273 e. The Balaban J connectivity index is 1.99. The van der Waals surface area contributed by atoms with Crippen molar-refractivity contribution in [3.63, 3.8) is 0 Å². The zero-order valence-electron chi connectivity index (χ0n) is 10.7. The van der Waals surface area contributed by atoms with E-state index in [4.69, 9.17) is 20.9 Å². The first kappa shape index (κ1) is 13.4. The van der Waals surface area contributed by atoms with Gasteiger partial charge in [-0.15, -0.1) is 0 Å². The largest absolute Gasteiger partial charge is 0.485 e. The van der Waals surface area contributed by atoms with Gasteiger partial charge in [-0.05, 0) is 31.2 Å². The summed E-state index contributed by atoms with van der Waals surface area (Å²) in [5, 5.41) is 7.49. The van der Waals surface area contributed by atoms with Crippen molar-refractivity contribution in [2.24, 2.45) is 0 Å². The summed E-state index contributed by atoms with van der Waals surface area (Å²) in [6, 6.07) is 7.09. The van der Waals surface area contributed by atoms with Gasteiger partial charge in [-0.25, -0.2) is 0 Å². The first-order valence-electron chi connectivity index (χ1n) is 5.78. The van der Waals surface area contributed by atoms with Crippen LogP contribution in [0.25, 0.3) is 5.70 Å². The molecule has 0 atom stereocenters. The average molecular weight is 280 g/mol. The highest BCUT2D eigenvalue weighted by atomic mass is 35.5. The van der Waals surface area contributed by atoms with Crippen molar-refractivity contribution in [2.45, 2.75) is 13.5 Å². The standard InChI is InChI=1S/C13H14ClN3O2/c1-3-11(15-2)13-16-12(17-19-13)8-18-10-6-4-9(14)5-7-10/h3-7,15H,8H2,1-2H3/b11-3-. The van der Waals surface area contributed by atoms with E-state index in [1.54, 1.807) is 31.3 Å². The van der Waals surface area contributed by atoms with Gasteiger partial charge in [0.25, 0.3) is 5.89 Å². The molecule has 0 radical (unpaired) electrons. The number of hydrogen-bond acceptors (Lipinski definition) is 5. The van der Waals surface area contributed by atoms with Crippen molar-refractivity contribution in [3.05, 3.63) is 47.1 Å². The fourth-order valence-corrected chi connectivity index (χ4v) is 1.60. The predicted octanol–water partition coefficient (Wildman–Crippen LogP) is 2.88. The normalized spacial score (nSPS) is 11.4. The third kappa shape index (κ3) is 3.48. The van der Waals surface area contributed by atoms with Crippen molar-refractivity contribution in [1.82, 2.24) is 15.5 Å². The summed E-state index contributed by atoms with van der Waals surface area (Å²) in [6.07, 6.45) is 1.86. The molecule has 0 saturated heterocycles. The Morgan fingerprint density at radius 1 is 1.42 bits per heavy atom. The van der Waals surface area contributed by atoms with Gasteiger partial charge in [0.1, 0.15) is 5.75 Å². The minimum Gasteiger partial charge on any atom is -0.485 e. The third-order valence-corrected chi connectivity index (χ3v) is 2.69. The maximum absolute atomic E-state index is 5.79. The molecule has 0 aliphatic carbocycles. The minimum absolute atomic E-state index is 0.242. The lowest BCUT2D eigenvalue weighted by molar-refractivity contribution is 0.286. The Hall–Kier alpha value is -2.01. The van der Waals surface area contributed by atoms with Gasteiger partial charge in [-0.3, -0.25) is 0 Å². The number of nitrogens with zero attached hydrogens (tertiary/aromatic N) is 2. The number of ether oxygens (including phenoxy) is 1. The summed E-state index contributed by atoms with van der Waals surface area (Å²) < 4.78 is 10.6. The second kappa shape index (κ2) is 6.24. The van der Waals surface area contributed by atoms with Crippen molar-refractivity contribution in [3.8, 4) is 5.75 Å².